The number of nitrogen functional groups attached to an aromatic ring is 1. The molecule has 1 aromatic carbocycles. The molecule has 3 saturated heterocycles. The van der Waals surface area contributed by atoms with Crippen LogP contribution in [-0.2, 0) is 24.7 Å². The van der Waals surface area contributed by atoms with Crippen molar-refractivity contribution < 1.29 is 17.9 Å². The molecule has 0 unspecified atom stereocenters. The summed E-state index contributed by atoms with van der Waals surface area (Å²) in [6, 6.07) is 12.9. The number of fused-ring (bicyclic) bond motifs is 1. The van der Waals surface area contributed by atoms with E-state index >= 15 is 0 Å². The number of rotatable bonds is 5. The van der Waals surface area contributed by atoms with E-state index in [9.17, 15) is 8.42 Å². The van der Waals surface area contributed by atoms with Gasteiger partial charge in [-0.15, -0.1) is 0 Å². The van der Waals surface area contributed by atoms with Gasteiger partial charge in [-0.2, -0.15) is 10.2 Å². The largest absolute Gasteiger partial charge is 0.382 e. The van der Waals surface area contributed by atoms with Crippen molar-refractivity contribution in [3.63, 3.8) is 0 Å². The Labute approximate surface area is 227 Å². The molecule has 0 radical (unpaired) electrons. The molecule has 0 aliphatic carbocycles. The number of benzene rings is 1. The average Bonchev–Trinajstić information content (AvgIpc) is 3.56. The molecular weight excluding hydrogens is 516 g/mol. The third-order valence-electron chi connectivity index (χ3n) is 8.85. The number of nitrogens with zero attached hydrogens (tertiary/aromatic N) is 5. The zero-order valence-electron chi connectivity index (χ0n) is 21.7. The molecule has 204 valence electrons. The number of hydrogen-bond donors (Lipinski definition) is 1. The van der Waals surface area contributed by atoms with Crippen LogP contribution in [0.3, 0.4) is 0 Å². The smallest absolute Gasteiger partial charge is 0.152 e. The van der Waals surface area contributed by atoms with Crippen molar-refractivity contribution in [3.05, 3.63) is 54.5 Å². The standard InChI is InChI=1S/C28H32N6O4S/c29-27-26-23(24-4-9-31-33(24)22-5-10-37-11-6-22)15-25(34(26)32-18-30-27)19-2-1-3-21(14-19)28(16-38-17-28)20-7-12-39(35,36)13-8-20/h1-4,9,14-15,18,20,22H,5-8,10-13,16-17H2,(H2,29,30,32). The quantitative estimate of drug-likeness (QED) is 0.403. The van der Waals surface area contributed by atoms with E-state index in [1.54, 1.807) is 0 Å². The Bertz CT molecular complexity index is 1620. The molecule has 7 rings (SSSR count). The fourth-order valence-electron chi connectivity index (χ4n) is 6.61. The zero-order valence-corrected chi connectivity index (χ0v) is 22.5. The van der Waals surface area contributed by atoms with Gasteiger partial charge in [-0.25, -0.2) is 17.9 Å². The Morgan fingerprint density at radius 2 is 1.74 bits per heavy atom. The highest BCUT2D eigenvalue weighted by Gasteiger charge is 2.48. The van der Waals surface area contributed by atoms with Gasteiger partial charge in [-0.05, 0) is 55.4 Å². The van der Waals surface area contributed by atoms with E-state index in [2.05, 4.69) is 50.2 Å². The van der Waals surface area contributed by atoms with Crippen LogP contribution in [0, 0.1) is 5.92 Å². The molecule has 0 spiro atoms. The molecule has 0 amide bonds. The summed E-state index contributed by atoms with van der Waals surface area (Å²) in [7, 11) is -2.94. The van der Waals surface area contributed by atoms with E-state index in [1.165, 1.54) is 11.9 Å². The van der Waals surface area contributed by atoms with Crippen LogP contribution in [0.4, 0.5) is 5.82 Å². The second-order valence-corrected chi connectivity index (χ2v) is 13.3. The van der Waals surface area contributed by atoms with Crippen molar-refractivity contribution in [3.8, 4) is 22.5 Å². The molecule has 2 N–H and O–H groups in total. The predicted molar refractivity (Wildman–Crippen MR) is 147 cm³/mol. The Hall–Kier alpha value is -3.28. The third-order valence-corrected chi connectivity index (χ3v) is 10.6. The normalized spacial score (nSPS) is 21.6. The van der Waals surface area contributed by atoms with Gasteiger partial charge in [0.15, 0.2) is 5.82 Å². The maximum atomic E-state index is 12.1. The second kappa shape index (κ2) is 9.42. The summed E-state index contributed by atoms with van der Waals surface area (Å²) in [5.41, 5.74) is 12.1. The van der Waals surface area contributed by atoms with Crippen LogP contribution in [0.2, 0.25) is 0 Å². The van der Waals surface area contributed by atoms with Crippen LogP contribution in [0.25, 0.3) is 28.0 Å². The van der Waals surface area contributed by atoms with Crippen LogP contribution in [0.1, 0.15) is 37.3 Å². The Balaban J connectivity index is 1.31. The molecule has 3 aromatic heterocycles. The number of sulfone groups is 1. The van der Waals surface area contributed by atoms with Crippen LogP contribution in [0.5, 0.6) is 0 Å². The minimum Gasteiger partial charge on any atom is -0.382 e. The van der Waals surface area contributed by atoms with E-state index in [-0.39, 0.29) is 28.9 Å². The first-order chi connectivity index (χ1) is 19.0. The number of ether oxygens (including phenoxy) is 2. The van der Waals surface area contributed by atoms with Crippen molar-refractivity contribution in [2.45, 2.75) is 37.1 Å². The summed E-state index contributed by atoms with van der Waals surface area (Å²) in [5.74, 6) is 1.19. The molecule has 0 bridgehead atoms. The minimum atomic E-state index is -2.94. The molecule has 39 heavy (non-hydrogen) atoms. The van der Waals surface area contributed by atoms with Gasteiger partial charge in [-0.1, -0.05) is 18.2 Å². The first kappa shape index (κ1) is 24.7. The van der Waals surface area contributed by atoms with Gasteiger partial charge in [0.2, 0.25) is 0 Å². The lowest BCUT2D eigenvalue weighted by Gasteiger charge is -2.49. The van der Waals surface area contributed by atoms with Gasteiger partial charge in [0.1, 0.15) is 21.7 Å². The minimum absolute atomic E-state index is 0.169. The number of hydrogen-bond acceptors (Lipinski definition) is 8. The van der Waals surface area contributed by atoms with Gasteiger partial charge in [-0.3, -0.25) is 4.68 Å². The summed E-state index contributed by atoms with van der Waals surface area (Å²) in [6.45, 7) is 2.67. The second-order valence-electron chi connectivity index (χ2n) is 11.0. The lowest BCUT2D eigenvalue weighted by atomic mass is 9.66. The SMILES string of the molecule is Nc1ncnn2c(-c3cccc(C4(C5CCS(=O)(=O)CC5)COC4)c3)cc(-c3ccnn3C3CCOCC3)c12. The lowest BCUT2D eigenvalue weighted by molar-refractivity contribution is -0.0927. The third kappa shape index (κ3) is 4.14. The van der Waals surface area contributed by atoms with Crippen molar-refractivity contribution >= 4 is 21.2 Å². The fraction of sp³-hybridized carbons (Fsp3) is 0.464. The van der Waals surface area contributed by atoms with Gasteiger partial charge in [0, 0.05) is 36.0 Å². The van der Waals surface area contributed by atoms with E-state index in [0.29, 0.717) is 31.9 Å². The fourth-order valence-corrected chi connectivity index (χ4v) is 8.10. The van der Waals surface area contributed by atoms with Gasteiger partial charge < -0.3 is 15.2 Å². The zero-order chi connectivity index (χ0) is 26.6. The van der Waals surface area contributed by atoms with Crippen molar-refractivity contribution in [1.82, 2.24) is 24.4 Å². The molecule has 3 fully saturated rings. The summed E-state index contributed by atoms with van der Waals surface area (Å²) < 4.78 is 39.5. The molecule has 6 heterocycles. The van der Waals surface area contributed by atoms with E-state index < -0.39 is 9.84 Å². The maximum Gasteiger partial charge on any atom is 0.152 e. The monoisotopic (exact) mass is 548 g/mol. The van der Waals surface area contributed by atoms with Crippen molar-refractivity contribution in [2.75, 3.05) is 43.7 Å². The van der Waals surface area contributed by atoms with Crippen molar-refractivity contribution in [2.24, 2.45) is 5.92 Å². The summed E-state index contributed by atoms with van der Waals surface area (Å²) in [5, 5.41) is 9.28. The van der Waals surface area contributed by atoms with E-state index in [1.807, 2.05) is 16.8 Å². The molecule has 0 atom stereocenters. The number of anilines is 1. The molecular formula is C28H32N6O4S. The Kier molecular flexibility index (Phi) is 5.98. The topological polar surface area (TPSA) is 127 Å². The van der Waals surface area contributed by atoms with Gasteiger partial charge in [0.25, 0.3) is 0 Å². The highest BCUT2D eigenvalue weighted by Crippen LogP contribution is 2.46. The van der Waals surface area contributed by atoms with Crippen LogP contribution >= 0.6 is 0 Å². The lowest BCUT2D eigenvalue weighted by Crippen LogP contribution is -2.54. The molecule has 3 aliphatic heterocycles. The summed E-state index contributed by atoms with van der Waals surface area (Å²) >= 11 is 0. The van der Waals surface area contributed by atoms with Gasteiger partial charge >= 0.3 is 0 Å². The maximum absolute atomic E-state index is 12.1. The highest BCUT2D eigenvalue weighted by molar-refractivity contribution is 7.91. The Morgan fingerprint density at radius 3 is 2.49 bits per heavy atom. The van der Waals surface area contributed by atoms with E-state index in [0.717, 1.165) is 54.1 Å². The molecule has 3 aliphatic rings. The van der Waals surface area contributed by atoms with E-state index in [4.69, 9.17) is 15.2 Å². The predicted octanol–water partition coefficient (Wildman–Crippen LogP) is 3.29. The van der Waals surface area contributed by atoms with Crippen LogP contribution in [0.15, 0.2) is 48.9 Å². The summed E-state index contributed by atoms with van der Waals surface area (Å²) in [6.07, 6.45) is 6.49. The highest BCUT2D eigenvalue weighted by atomic mass is 32.2. The number of aromatic nitrogens is 5. The Morgan fingerprint density at radius 1 is 0.949 bits per heavy atom. The number of nitrogens with two attached hydrogens (primary N) is 1. The van der Waals surface area contributed by atoms with Crippen LogP contribution < -0.4 is 5.73 Å². The first-order valence-electron chi connectivity index (χ1n) is 13.6. The summed E-state index contributed by atoms with van der Waals surface area (Å²) in [4.78, 5) is 4.31. The van der Waals surface area contributed by atoms with Gasteiger partial charge in [0.05, 0.1) is 42.1 Å². The molecule has 4 aromatic rings. The average molecular weight is 549 g/mol. The molecule has 10 nitrogen and oxygen atoms in total. The molecule has 0 saturated carbocycles. The first-order valence-corrected chi connectivity index (χ1v) is 15.4. The van der Waals surface area contributed by atoms with Crippen molar-refractivity contribution in [1.29, 1.82) is 0 Å². The van der Waals surface area contributed by atoms with Crippen LogP contribution in [-0.4, -0.2) is 70.7 Å². The molecule has 11 heteroatoms.